The van der Waals surface area contributed by atoms with Crippen molar-refractivity contribution in [1.82, 2.24) is 5.43 Å². The first-order valence-electron chi connectivity index (χ1n) is 6.43. The van der Waals surface area contributed by atoms with Gasteiger partial charge in [-0.15, -0.1) is 0 Å². The predicted octanol–water partition coefficient (Wildman–Crippen LogP) is 4.07. The van der Waals surface area contributed by atoms with Gasteiger partial charge in [0.1, 0.15) is 5.82 Å². The van der Waals surface area contributed by atoms with Gasteiger partial charge < -0.3 is 0 Å². The fraction of sp³-hybridized carbons (Fsp3) is 0.250. The Balaban J connectivity index is 2.58. The molecule has 20 heavy (non-hydrogen) atoms. The maximum atomic E-state index is 13.7. The number of nitrogens with two attached hydrogens (primary N) is 1. The topological polar surface area (TPSA) is 38.0 Å². The highest BCUT2D eigenvalue weighted by atomic mass is 79.9. The zero-order chi connectivity index (χ0) is 14.9. The normalized spacial score (nSPS) is 12.5. The van der Waals surface area contributed by atoms with Gasteiger partial charge in [-0.2, -0.15) is 0 Å². The second-order valence-electron chi connectivity index (χ2n) is 5.04. The molecule has 2 aromatic rings. The lowest BCUT2D eigenvalue weighted by molar-refractivity contribution is 0.596. The first-order valence-corrected chi connectivity index (χ1v) is 7.22. The zero-order valence-corrected chi connectivity index (χ0v) is 13.4. The first kappa shape index (κ1) is 15.2. The van der Waals surface area contributed by atoms with Crippen LogP contribution in [-0.4, -0.2) is 0 Å². The van der Waals surface area contributed by atoms with E-state index in [-0.39, 0.29) is 11.9 Å². The van der Waals surface area contributed by atoms with Crippen molar-refractivity contribution >= 4 is 15.9 Å². The fourth-order valence-corrected chi connectivity index (χ4v) is 2.88. The lowest BCUT2D eigenvalue weighted by Crippen LogP contribution is -2.30. The van der Waals surface area contributed by atoms with E-state index < -0.39 is 0 Å². The van der Waals surface area contributed by atoms with Crippen molar-refractivity contribution in [2.45, 2.75) is 26.8 Å². The number of aryl methyl sites for hydroxylation is 3. The van der Waals surface area contributed by atoms with Gasteiger partial charge in [0, 0.05) is 0 Å². The van der Waals surface area contributed by atoms with Crippen LogP contribution in [0.25, 0.3) is 0 Å². The van der Waals surface area contributed by atoms with Gasteiger partial charge >= 0.3 is 0 Å². The van der Waals surface area contributed by atoms with E-state index >= 15 is 0 Å². The summed E-state index contributed by atoms with van der Waals surface area (Å²) in [6, 6.07) is 8.96. The number of benzene rings is 2. The molecule has 0 spiro atoms. The Morgan fingerprint density at radius 3 is 2.35 bits per heavy atom. The average Bonchev–Trinajstić information content (AvgIpc) is 2.41. The van der Waals surface area contributed by atoms with Gasteiger partial charge in [0.15, 0.2) is 0 Å². The van der Waals surface area contributed by atoms with E-state index in [0.29, 0.717) is 4.47 Å². The van der Waals surface area contributed by atoms with Gasteiger partial charge in [0.05, 0.1) is 10.5 Å². The van der Waals surface area contributed by atoms with E-state index in [2.05, 4.69) is 47.3 Å². The highest BCUT2D eigenvalue weighted by Gasteiger charge is 2.19. The van der Waals surface area contributed by atoms with E-state index in [1.807, 2.05) is 13.0 Å². The summed E-state index contributed by atoms with van der Waals surface area (Å²) in [4.78, 5) is 0. The van der Waals surface area contributed by atoms with Crippen molar-refractivity contribution in [3.8, 4) is 0 Å². The van der Waals surface area contributed by atoms with Crippen LogP contribution < -0.4 is 11.3 Å². The van der Waals surface area contributed by atoms with Crippen molar-refractivity contribution in [1.29, 1.82) is 0 Å². The molecule has 0 radical (unpaired) electrons. The Labute approximate surface area is 127 Å². The second kappa shape index (κ2) is 6.04. The minimum atomic E-state index is -0.288. The minimum Gasteiger partial charge on any atom is -0.271 e. The summed E-state index contributed by atoms with van der Waals surface area (Å²) in [5.41, 5.74) is 8.20. The van der Waals surface area contributed by atoms with Gasteiger partial charge in [-0.05, 0) is 70.6 Å². The molecule has 1 unspecified atom stereocenters. The van der Waals surface area contributed by atoms with Gasteiger partial charge in [0.2, 0.25) is 0 Å². The summed E-state index contributed by atoms with van der Waals surface area (Å²) in [7, 11) is 0. The predicted molar refractivity (Wildman–Crippen MR) is 83.9 cm³/mol. The Hall–Kier alpha value is -1.23. The molecule has 0 aliphatic carbocycles. The molecule has 2 rings (SSSR count). The standard InChI is InChI=1S/C16H18BrFN2/c1-9-7-11(3)13(8-10(9)2)16(20-19)12-5-4-6-14(18)15(12)17/h4-8,16,20H,19H2,1-3H3. The quantitative estimate of drug-likeness (QED) is 0.655. The monoisotopic (exact) mass is 336 g/mol. The molecule has 0 aliphatic rings. The van der Waals surface area contributed by atoms with Crippen molar-refractivity contribution in [2.75, 3.05) is 0 Å². The van der Waals surface area contributed by atoms with Crippen LogP contribution in [0.15, 0.2) is 34.8 Å². The van der Waals surface area contributed by atoms with Crippen molar-refractivity contribution in [2.24, 2.45) is 5.84 Å². The zero-order valence-electron chi connectivity index (χ0n) is 11.8. The van der Waals surface area contributed by atoms with E-state index in [9.17, 15) is 4.39 Å². The molecule has 0 saturated heterocycles. The third-order valence-electron chi connectivity index (χ3n) is 3.65. The number of rotatable bonds is 3. The maximum absolute atomic E-state index is 13.7. The highest BCUT2D eigenvalue weighted by molar-refractivity contribution is 9.10. The fourth-order valence-electron chi connectivity index (χ4n) is 2.38. The molecule has 1 atom stereocenters. The molecular weight excluding hydrogens is 319 g/mol. The van der Waals surface area contributed by atoms with Gasteiger partial charge in [0.25, 0.3) is 0 Å². The smallest absolute Gasteiger partial charge is 0.137 e. The van der Waals surface area contributed by atoms with Crippen LogP contribution in [0.5, 0.6) is 0 Å². The summed E-state index contributed by atoms with van der Waals surface area (Å²) >= 11 is 3.31. The summed E-state index contributed by atoms with van der Waals surface area (Å²) in [6.45, 7) is 6.18. The van der Waals surface area contributed by atoms with Crippen LogP contribution in [0.2, 0.25) is 0 Å². The number of halogens is 2. The number of hydrogen-bond acceptors (Lipinski definition) is 2. The Morgan fingerprint density at radius 1 is 1.05 bits per heavy atom. The summed E-state index contributed by atoms with van der Waals surface area (Å²) in [5.74, 6) is 5.43. The molecule has 0 heterocycles. The third kappa shape index (κ3) is 2.77. The van der Waals surface area contributed by atoms with Crippen molar-refractivity contribution in [3.63, 3.8) is 0 Å². The van der Waals surface area contributed by atoms with Crippen LogP contribution in [0.1, 0.15) is 33.9 Å². The highest BCUT2D eigenvalue weighted by Crippen LogP contribution is 2.32. The molecule has 2 aromatic carbocycles. The van der Waals surface area contributed by atoms with E-state index in [0.717, 1.165) is 16.7 Å². The molecule has 3 N–H and O–H groups in total. The molecule has 0 saturated carbocycles. The summed E-state index contributed by atoms with van der Waals surface area (Å²) in [6.07, 6.45) is 0. The van der Waals surface area contributed by atoms with Crippen LogP contribution in [0.4, 0.5) is 4.39 Å². The number of hydrogen-bond donors (Lipinski definition) is 2. The first-order chi connectivity index (χ1) is 9.45. The van der Waals surface area contributed by atoms with Gasteiger partial charge in [-0.3, -0.25) is 5.84 Å². The molecule has 0 aromatic heterocycles. The van der Waals surface area contributed by atoms with Crippen molar-refractivity contribution < 1.29 is 4.39 Å². The Bertz CT molecular complexity index is 641. The Morgan fingerprint density at radius 2 is 1.70 bits per heavy atom. The third-order valence-corrected chi connectivity index (χ3v) is 4.49. The molecule has 0 amide bonds. The van der Waals surface area contributed by atoms with Crippen LogP contribution >= 0.6 is 15.9 Å². The SMILES string of the molecule is Cc1cc(C)c(C(NN)c2cccc(F)c2Br)cc1C. The van der Waals surface area contributed by atoms with Crippen LogP contribution in [-0.2, 0) is 0 Å². The number of nitrogens with one attached hydrogen (secondary N) is 1. The van der Waals surface area contributed by atoms with Crippen LogP contribution in [0, 0.1) is 26.6 Å². The summed E-state index contributed by atoms with van der Waals surface area (Å²) in [5, 5.41) is 0. The summed E-state index contributed by atoms with van der Waals surface area (Å²) < 4.78 is 14.2. The van der Waals surface area contributed by atoms with Crippen molar-refractivity contribution in [3.05, 3.63) is 68.4 Å². The molecule has 106 valence electrons. The van der Waals surface area contributed by atoms with E-state index in [1.165, 1.54) is 17.2 Å². The molecule has 0 aliphatic heterocycles. The lowest BCUT2D eigenvalue weighted by Gasteiger charge is -2.22. The van der Waals surface area contributed by atoms with E-state index in [1.54, 1.807) is 6.07 Å². The number of hydrazine groups is 1. The molecule has 2 nitrogen and oxygen atoms in total. The maximum Gasteiger partial charge on any atom is 0.137 e. The molecule has 0 bridgehead atoms. The largest absolute Gasteiger partial charge is 0.271 e. The van der Waals surface area contributed by atoms with Gasteiger partial charge in [-0.1, -0.05) is 24.3 Å². The molecule has 0 fully saturated rings. The Kier molecular flexibility index (Phi) is 4.58. The minimum absolute atomic E-state index is 0.251. The lowest BCUT2D eigenvalue weighted by atomic mass is 9.92. The molecular formula is C16H18BrFN2. The molecule has 4 heteroatoms. The van der Waals surface area contributed by atoms with Crippen LogP contribution in [0.3, 0.4) is 0 Å². The average molecular weight is 337 g/mol. The van der Waals surface area contributed by atoms with E-state index in [4.69, 9.17) is 5.84 Å². The second-order valence-corrected chi connectivity index (χ2v) is 5.83. The van der Waals surface area contributed by atoms with Gasteiger partial charge in [-0.25, -0.2) is 9.82 Å².